The van der Waals surface area contributed by atoms with E-state index >= 15 is 0 Å². The second-order valence-electron chi connectivity index (χ2n) is 5.34. The van der Waals surface area contributed by atoms with Gasteiger partial charge < -0.3 is 5.11 Å². The van der Waals surface area contributed by atoms with Crippen molar-refractivity contribution in [3.63, 3.8) is 0 Å². The molecular weight excluding hydrogens is 245 g/mol. The largest absolute Gasteiger partial charge is 0.481 e. The van der Waals surface area contributed by atoms with Gasteiger partial charge in [-0.25, -0.2) is 4.39 Å². The molecule has 0 radical (unpaired) electrons. The van der Waals surface area contributed by atoms with Gasteiger partial charge in [0.05, 0.1) is 6.42 Å². The molecule has 0 spiro atoms. The first-order valence-corrected chi connectivity index (χ1v) is 6.74. The molecule has 3 nitrogen and oxygen atoms in total. The molecule has 0 aliphatic carbocycles. The Morgan fingerprint density at radius 3 is 2.68 bits per heavy atom. The van der Waals surface area contributed by atoms with E-state index in [0.29, 0.717) is 19.4 Å². The van der Waals surface area contributed by atoms with Crippen LogP contribution in [0.4, 0.5) is 4.39 Å². The maximum Gasteiger partial charge on any atom is 0.306 e. The molecule has 0 saturated carbocycles. The fraction of sp³-hybridized carbons (Fsp3) is 0.533. The lowest BCUT2D eigenvalue weighted by Crippen LogP contribution is -2.29. The normalized spacial score (nSPS) is 24.9. The summed E-state index contributed by atoms with van der Waals surface area (Å²) in [6.07, 6.45) is 1.01. The van der Waals surface area contributed by atoms with Crippen molar-refractivity contribution in [1.29, 1.82) is 0 Å². The van der Waals surface area contributed by atoms with Gasteiger partial charge in [0.15, 0.2) is 0 Å². The summed E-state index contributed by atoms with van der Waals surface area (Å²) in [5.41, 5.74) is -0.316. The first kappa shape index (κ1) is 14.0. The number of carboxylic acid groups (broad SMARTS) is 1. The van der Waals surface area contributed by atoms with Crippen molar-refractivity contribution in [1.82, 2.24) is 4.90 Å². The minimum atomic E-state index is -1.53. The number of benzene rings is 1. The van der Waals surface area contributed by atoms with Crippen LogP contribution >= 0.6 is 0 Å². The molecule has 0 amide bonds. The number of halogens is 1. The first-order chi connectivity index (χ1) is 9.07. The molecule has 4 heteroatoms. The molecule has 1 fully saturated rings. The van der Waals surface area contributed by atoms with Crippen LogP contribution < -0.4 is 0 Å². The van der Waals surface area contributed by atoms with E-state index in [9.17, 15) is 9.18 Å². The van der Waals surface area contributed by atoms with E-state index < -0.39 is 11.6 Å². The molecule has 1 atom stereocenters. The van der Waals surface area contributed by atoms with E-state index in [1.54, 1.807) is 0 Å². The zero-order chi connectivity index (χ0) is 13.7. The van der Waals surface area contributed by atoms with Crippen LogP contribution in [0.5, 0.6) is 0 Å². The lowest BCUT2D eigenvalue weighted by molar-refractivity contribution is -0.140. The first-order valence-electron chi connectivity index (χ1n) is 6.74. The quantitative estimate of drug-likeness (QED) is 0.910. The Kier molecular flexibility index (Phi) is 4.53. The van der Waals surface area contributed by atoms with Crippen LogP contribution in [0.3, 0.4) is 0 Å². The van der Waals surface area contributed by atoms with Crippen LogP contribution in [0.15, 0.2) is 30.3 Å². The van der Waals surface area contributed by atoms with Crippen molar-refractivity contribution in [2.24, 2.45) is 0 Å². The molecule has 1 aliphatic heterocycles. The van der Waals surface area contributed by atoms with Gasteiger partial charge in [0.1, 0.15) is 5.67 Å². The average Bonchev–Trinajstić information content (AvgIpc) is 2.52. The standard InChI is InChI=1S/C15H20FNO2/c16-15(11-14(18)19)7-4-9-17(10-8-15)12-13-5-2-1-3-6-13/h1-3,5-6H,4,7-12H2,(H,18,19). The van der Waals surface area contributed by atoms with Crippen LogP contribution in [0.25, 0.3) is 0 Å². The Morgan fingerprint density at radius 2 is 2.00 bits per heavy atom. The summed E-state index contributed by atoms with van der Waals surface area (Å²) in [4.78, 5) is 12.9. The third kappa shape index (κ3) is 4.31. The minimum absolute atomic E-state index is 0.312. The van der Waals surface area contributed by atoms with E-state index in [1.807, 2.05) is 18.2 Å². The Bertz CT molecular complexity index is 423. The molecule has 1 saturated heterocycles. The van der Waals surface area contributed by atoms with Crippen LogP contribution in [-0.2, 0) is 11.3 Å². The van der Waals surface area contributed by atoms with Gasteiger partial charge in [-0.3, -0.25) is 9.69 Å². The molecule has 104 valence electrons. The number of rotatable bonds is 4. The van der Waals surface area contributed by atoms with Gasteiger partial charge in [-0.2, -0.15) is 0 Å². The summed E-state index contributed by atoms with van der Waals surface area (Å²) in [7, 11) is 0. The number of carboxylic acids is 1. The smallest absolute Gasteiger partial charge is 0.306 e. The molecule has 2 rings (SSSR count). The van der Waals surface area contributed by atoms with E-state index in [4.69, 9.17) is 5.11 Å². The zero-order valence-corrected chi connectivity index (χ0v) is 11.0. The summed E-state index contributed by atoms with van der Waals surface area (Å²) in [6, 6.07) is 10.1. The third-order valence-electron chi connectivity index (χ3n) is 3.69. The Hall–Kier alpha value is -1.42. The molecule has 1 aromatic carbocycles. The van der Waals surface area contributed by atoms with Crippen molar-refractivity contribution in [3.8, 4) is 0 Å². The zero-order valence-electron chi connectivity index (χ0n) is 11.0. The Balaban J connectivity index is 1.91. The van der Waals surface area contributed by atoms with Gasteiger partial charge in [-0.05, 0) is 31.4 Å². The highest BCUT2D eigenvalue weighted by Crippen LogP contribution is 2.30. The van der Waals surface area contributed by atoms with E-state index in [0.717, 1.165) is 19.5 Å². The number of hydrogen-bond donors (Lipinski definition) is 1. The van der Waals surface area contributed by atoms with Crippen LogP contribution in [-0.4, -0.2) is 34.7 Å². The SMILES string of the molecule is O=C(O)CC1(F)CCCN(Cc2ccccc2)CC1. The third-order valence-corrected chi connectivity index (χ3v) is 3.69. The summed E-state index contributed by atoms with van der Waals surface area (Å²) >= 11 is 0. The highest BCUT2D eigenvalue weighted by Gasteiger charge is 2.34. The minimum Gasteiger partial charge on any atom is -0.481 e. The van der Waals surface area contributed by atoms with Crippen molar-refractivity contribution in [2.45, 2.75) is 37.9 Å². The number of alkyl halides is 1. The van der Waals surface area contributed by atoms with E-state index in [1.165, 1.54) is 5.56 Å². The van der Waals surface area contributed by atoms with Crippen molar-refractivity contribution in [2.75, 3.05) is 13.1 Å². The van der Waals surface area contributed by atoms with Gasteiger partial charge in [0, 0.05) is 13.1 Å². The van der Waals surface area contributed by atoms with Crippen LogP contribution in [0.2, 0.25) is 0 Å². The number of likely N-dealkylation sites (tertiary alicyclic amines) is 1. The summed E-state index contributed by atoms with van der Waals surface area (Å²) in [5, 5.41) is 8.77. The summed E-state index contributed by atoms with van der Waals surface area (Å²) < 4.78 is 14.4. The fourth-order valence-electron chi connectivity index (χ4n) is 2.66. The molecule has 19 heavy (non-hydrogen) atoms. The molecule has 0 bridgehead atoms. The number of carbonyl (C=O) groups is 1. The average molecular weight is 265 g/mol. The maximum atomic E-state index is 14.4. The molecule has 1 unspecified atom stereocenters. The molecular formula is C15H20FNO2. The predicted molar refractivity (Wildman–Crippen MR) is 71.7 cm³/mol. The molecule has 1 heterocycles. The van der Waals surface area contributed by atoms with Crippen molar-refractivity contribution < 1.29 is 14.3 Å². The molecule has 1 aliphatic rings. The van der Waals surface area contributed by atoms with Gasteiger partial charge in [-0.15, -0.1) is 0 Å². The molecule has 1 N–H and O–H groups in total. The Labute approximate surface area is 113 Å². The summed E-state index contributed by atoms with van der Waals surface area (Å²) in [5.74, 6) is -1.04. The van der Waals surface area contributed by atoms with Gasteiger partial charge in [-0.1, -0.05) is 30.3 Å². The van der Waals surface area contributed by atoms with E-state index in [2.05, 4.69) is 17.0 Å². The lowest BCUT2D eigenvalue weighted by Gasteiger charge is -2.22. The topological polar surface area (TPSA) is 40.5 Å². The second-order valence-corrected chi connectivity index (χ2v) is 5.34. The van der Waals surface area contributed by atoms with Gasteiger partial charge in [0.2, 0.25) is 0 Å². The lowest BCUT2D eigenvalue weighted by atomic mass is 9.93. The predicted octanol–water partition coefficient (Wildman–Crippen LogP) is 2.86. The van der Waals surface area contributed by atoms with Gasteiger partial charge >= 0.3 is 5.97 Å². The number of hydrogen-bond acceptors (Lipinski definition) is 2. The highest BCUT2D eigenvalue weighted by atomic mass is 19.1. The number of nitrogens with zero attached hydrogens (tertiary/aromatic N) is 1. The Morgan fingerprint density at radius 1 is 1.26 bits per heavy atom. The monoisotopic (exact) mass is 265 g/mol. The maximum absolute atomic E-state index is 14.4. The summed E-state index contributed by atoms with van der Waals surface area (Å²) in [6.45, 7) is 2.27. The van der Waals surface area contributed by atoms with Crippen molar-refractivity contribution in [3.05, 3.63) is 35.9 Å². The molecule has 0 aromatic heterocycles. The van der Waals surface area contributed by atoms with Crippen molar-refractivity contribution >= 4 is 5.97 Å². The van der Waals surface area contributed by atoms with Crippen LogP contribution in [0, 0.1) is 0 Å². The molecule has 1 aromatic rings. The number of aliphatic carboxylic acids is 1. The van der Waals surface area contributed by atoms with Crippen LogP contribution in [0.1, 0.15) is 31.2 Å². The second kappa shape index (κ2) is 6.15. The fourth-order valence-corrected chi connectivity index (χ4v) is 2.66. The highest BCUT2D eigenvalue weighted by molar-refractivity contribution is 5.68. The van der Waals surface area contributed by atoms with E-state index in [-0.39, 0.29) is 6.42 Å². The van der Waals surface area contributed by atoms with Gasteiger partial charge in [0.25, 0.3) is 0 Å².